The van der Waals surface area contributed by atoms with Crippen LogP contribution in [0.3, 0.4) is 0 Å². The van der Waals surface area contributed by atoms with Crippen LogP contribution in [0, 0.1) is 32.1 Å². The molecule has 0 aliphatic rings. The van der Waals surface area contributed by atoms with Gasteiger partial charge in [-0.1, -0.05) is 23.8 Å². The Balaban J connectivity index is 1.64. The molecule has 2 aromatic heterocycles. The number of hydrogen-bond donors (Lipinski definition) is 1. The normalized spacial score (nSPS) is 11.0. The van der Waals surface area contributed by atoms with Crippen LogP contribution < -0.4 is 10.1 Å². The minimum Gasteiger partial charge on any atom is -0.494 e. The van der Waals surface area contributed by atoms with Gasteiger partial charge in [0.2, 0.25) is 5.91 Å². The molecule has 0 aliphatic heterocycles. The number of rotatable bonds is 6. The predicted octanol–water partition coefficient (Wildman–Crippen LogP) is 5.27. The van der Waals surface area contributed by atoms with E-state index in [2.05, 4.69) is 35.5 Å². The molecule has 0 saturated carbocycles. The molecule has 0 atom stereocenters. The van der Waals surface area contributed by atoms with Crippen LogP contribution in [0.5, 0.6) is 5.75 Å². The number of anilines is 1. The van der Waals surface area contributed by atoms with E-state index in [0.29, 0.717) is 12.4 Å². The average molecular weight is 452 g/mol. The Labute approximate surface area is 198 Å². The minimum absolute atomic E-state index is 0.253. The number of aryl methyl sites for hydroxylation is 3. The maximum Gasteiger partial charge on any atom is 0.249 e. The van der Waals surface area contributed by atoms with E-state index in [4.69, 9.17) is 9.72 Å². The number of benzene rings is 2. The molecule has 0 unspecified atom stereocenters. The molecule has 0 bridgehead atoms. The van der Waals surface area contributed by atoms with Crippen molar-refractivity contribution in [2.24, 2.45) is 0 Å². The van der Waals surface area contributed by atoms with E-state index in [1.165, 1.54) is 22.5 Å². The third-order valence-corrected chi connectivity index (χ3v) is 5.41. The second-order valence-electron chi connectivity index (χ2n) is 8.03. The van der Waals surface area contributed by atoms with E-state index in [9.17, 15) is 10.1 Å². The maximum absolute atomic E-state index is 12.7. The van der Waals surface area contributed by atoms with Gasteiger partial charge in [-0.05, 0) is 74.7 Å². The van der Waals surface area contributed by atoms with E-state index in [1.54, 1.807) is 6.08 Å². The summed E-state index contributed by atoms with van der Waals surface area (Å²) in [5.74, 6) is 1.20. The van der Waals surface area contributed by atoms with Gasteiger partial charge in [-0.3, -0.25) is 4.79 Å². The van der Waals surface area contributed by atoms with Crippen LogP contribution in [0.2, 0.25) is 0 Å². The third-order valence-electron chi connectivity index (χ3n) is 5.41. The number of pyridine rings is 1. The number of ether oxygens (including phenoxy) is 1. The molecule has 2 aromatic carbocycles. The van der Waals surface area contributed by atoms with Gasteiger partial charge in [0.05, 0.1) is 18.3 Å². The van der Waals surface area contributed by atoms with Gasteiger partial charge in [0.15, 0.2) is 11.6 Å². The minimum atomic E-state index is -0.378. The smallest absolute Gasteiger partial charge is 0.249 e. The fraction of sp³-hybridized carbons (Fsp3) is 0.185. The molecule has 170 valence electrons. The second kappa shape index (κ2) is 9.59. The zero-order valence-corrected chi connectivity index (χ0v) is 19.6. The van der Waals surface area contributed by atoms with Crippen molar-refractivity contribution in [2.45, 2.75) is 27.7 Å². The Morgan fingerprint density at radius 2 is 1.91 bits per heavy atom. The molecule has 34 heavy (non-hydrogen) atoms. The molecule has 4 aromatic rings. The van der Waals surface area contributed by atoms with Crippen LogP contribution in [0.25, 0.3) is 22.8 Å². The molecular weight excluding hydrogens is 426 g/mol. The van der Waals surface area contributed by atoms with Crippen LogP contribution >= 0.6 is 0 Å². The number of nitrogens with zero attached hydrogens (tertiary/aromatic N) is 4. The Hall–Kier alpha value is -4.44. The fourth-order valence-corrected chi connectivity index (χ4v) is 3.83. The monoisotopic (exact) mass is 451 g/mol. The summed E-state index contributed by atoms with van der Waals surface area (Å²) in [6.07, 6.45) is 4.54. The molecule has 0 radical (unpaired) electrons. The Kier molecular flexibility index (Phi) is 6.42. The first-order chi connectivity index (χ1) is 16.4. The van der Waals surface area contributed by atoms with Gasteiger partial charge in [-0.15, -0.1) is 0 Å². The van der Waals surface area contributed by atoms with Gasteiger partial charge in [0, 0.05) is 11.5 Å². The van der Waals surface area contributed by atoms with Gasteiger partial charge < -0.3 is 10.1 Å². The van der Waals surface area contributed by atoms with E-state index < -0.39 is 0 Å². The average Bonchev–Trinajstić information content (AvgIpc) is 3.21. The lowest BCUT2D eigenvalue weighted by atomic mass is 10.0. The van der Waals surface area contributed by atoms with Crippen molar-refractivity contribution >= 4 is 28.7 Å². The van der Waals surface area contributed by atoms with Gasteiger partial charge in [0.1, 0.15) is 17.4 Å². The van der Waals surface area contributed by atoms with Crippen molar-refractivity contribution in [1.29, 1.82) is 5.26 Å². The molecule has 0 fully saturated rings. The van der Waals surface area contributed by atoms with E-state index in [0.717, 1.165) is 33.3 Å². The number of nitriles is 1. The Morgan fingerprint density at radius 1 is 1.15 bits per heavy atom. The molecule has 2 heterocycles. The van der Waals surface area contributed by atoms with Crippen molar-refractivity contribution in [3.8, 4) is 17.6 Å². The highest BCUT2D eigenvalue weighted by atomic mass is 16.5. The summed E-state index contributed by atoms with van der Waals surface area (Å²) < 4.78 is 6.93. The second-order valence-corrected chi connectivity index (χ2v) is 8.03. The van der Waals surface area contributed by atoms with Crippen molar-refractivity contribution in [1.82, 2.24) is 14.8 Å². The van der Waals surface area contributed by atoms with Crippen molar-refractivity contribution in [3.63, 3.8) is 0 Å². The van der Waals surface area contributed by atoms with E-state index in [-0.39, 0.29) is 17.3 Å². The highest BCUT2D eigenvalue weighted by Gasteiger charge is 2.17. The highest BCUT2D eigenvalue weighted by Crippen LogP contribution is 2.26. The van der Waals surface area contributed by atoms with E-state index in [1.807, 2.05) is 51.1 Å². The summed E-state index contributed by atoms with van der Waals surface area (Å²) >= 11 is 0. The summed E-state index contributed by atoms with van der Waals surface area (Å²) in [6, 6.07) is 15.6. The van der Waals surface area contributed by atoms with Gasteiger partial charge in [0.25, 0.3) is 0 Å². The SMILES string of the molecule is CCOc1ccc(/C=C/C(=O)Nc2c(C#N)cnn2-c2cc(C)c3cc(C)cc(C)c3n2)cc1. The Bertz CT molecular complexity index is 1440. The molecule has 1 amide bonds. The molecule has 0 aliphatic carbocycles. The zero-order valence-electron chi connectivity index (χ0n) is 19.6. The first-order valence-electron chi connectivity index (χ1n) is 11.0. The number of carbonyl (C=O) groups excluding carboxylic acids is 1. The molecule has 0 spiro atoms. The van der Waals surface area contributed by atoms with Gasteiger partial charge in [-0.25, -0.2) is 4.98 Å². The summed E-state index contributed by atoms with van der Waals surface area (Å²) in [5, 5.41) is 17.8. The highest BCUT2D eigenvalue weighted by molar-refractivity contribution is 6.02. The van der Waals surface area contributed by atoms with Gasteiger partial charge in [-0.2, -0.15) is 15.0 Å². The lowest BCUT2D eigenvalue weighted by Gasteiger charge is -2.12. The molecule has 7 heteroatoms. The maximum atomic E-state index is 12.7. The van der Waals surface area contributed by atoms with Crippen LogP contribution in [0.4, 0.5) is 5.82 Å². The van der Waals surface area contributed by atoms with Crippen LogP contribution in [-0.2, 0) is 4.79 Å². The molecule has 0 saturated heterocycles. The molecule has 7 nitrogen and oxygen atoms in total. The third kappa shape index (κ3) is 4.66. The quantitative estimate of drug-likeness (QED) is 0.403. The number of hydrogen-bond acceptors (Lipinski definition) is 5. The summed E-state index contributed by atoms with van der Waals surface area (Å²) in [4.78, 5) is 17.5. The lowest BCUT2D eigenvalue weighted by molar-refractivity contribution is -0.111. The van der Waals surface area contributed by atoms with Crippen LogP contribution in [0.15, 0.2) is 54.7 Å². The fourth-order valence-electron chi connectivity index (χ4n) is 3.83. The topological polar surface area (TPSA) is 92.8 Å². The lowest BCUT2D eigenvalue weighted by Crippen LogP contribution is -2.14. The zero-order chi connectivity index (χ0) is 24.2. The standard InChI is InChI=1S/C27H25N5O2/c1-5-34-22-9-6-20(7-10-22)8-11-25(33)31-27-21(15-28)16-29-32(27)24-14-18(3)23-13-17(2)12-19(4)26(23)30-24/h6-14,16H,5H2,1-4H3,(H,31,33)/b11-8+. The molecular formula is C27H25N5O2. The number of fused-ring (bicyclic) bond motifs is 1. The largest absolute Gasteiger partial charge is 0.494 e. The van der Waals surface area contributed by atoms with Crippen LogP contribution in [0.1, 0.15) is 34.7 Å². The van der Waals surface area contributed by atoms with Crippen molar-refractivity contribution in [3.05, 3.63) is 82.6 Å². The van der Waals surface area contributed by atoms with Crippen molar-refractivity contribution in [2.75, 3.05) is 11.9 Å². The predicted molar refractivity (Wildman–Crippen MR) is 133 cm³/mol. The Morgan fingerprint density at radius 3 is 2.62 bits per heavy atom. The summed E-state index contributed by atoms with van der Waals surface area (Å²) in [5.41, 5.74) is 5.22. The number of nitrogens with one attached hydrogen (secondary N) is 1. The van der Waals surface area contributed by atoms with Gasteiger partial charge >= 0.3 is 0 Å². The number of carbonyl (C=O) groups is 1. The first kappa shape index (κ1) is 22.7. The number of amides is 1. The van der Waals surface area contributed by atoms with Crippen LogP contribution in [-0.4, -0.2) is 27.3 Å². The van der Waals surface area contributed by atoms with Crippen molar-refractivity contribution < 1.29 is 9.53 Å². The number of aromatic nitrogens is 3. The first-order valence-corrected chi connectivity index (χ1v) is 11.0. The van der Waals surface area contributed by atoms with E-state index >= 15 is 0 Å². The summed E-state index contributed by atoms with van der Waals surface area (Å²) in [7, 11) is 0. The molecule has 1 N–H and O–H groups in total. The summed E-state index contributed by atoms with van der Waals surface area (Å²) in [6.45, 7) is 8.61. The molecule has 4 rings (SSSR count).